The fourth-order valence-corrected chi connectivity index (χ4v) is 2.64. The molecule has 0 saturated heterocycles. The minimum atomic E-state index is 0.934. The molecule has 0 aromatic heterocycles. The fourth-order valence-electron chi connectivity index (χ4n) is 1.01. The topological polar surface area (TPSA) is 0 Å². The molecule has 0 radical (unpaired) electrons. The largest absolute Gasteiger partial charge is 0.119 e. The van der Waals surface area contributed by atoms with E-state index < -0.39 is 0 Å². The van der Waals surface area contributed by atoms with Gasteiger partial charge in [0, 0.05) is 0 Å². The van der Waals surface area contributed by atoms with Gasteiger partial charge in [0.15, 0.2) is 0 Å². The lowest BCUT2D eigenvalue weighted by Crippen LogP contribution is -2.12. The second-order valence-corrected chi connectivity index (χ2v) is 5.06. The zero-order valence-corrected chi connectivity index (χ0v) is 7.48. The van der Waals surface area contributed by atoms with Crippen molar-refractivity contribution in [1.82, 2.24) is 0 Å². The maximum Gasteiger partial charge on any atom is -0.0237 e. The van der Waals surface area contributed by atoms with Gasteiger partial charge in [-0.1, -0.05) is 20.3 Å². The average Bonchev–Trinajstić information content (AvgIpc) is 1.60. The first kappa shape index (κ1) is 7.54. The Morgan fingerprint density at radius 3 is 2.44 bits per heavy atom. The molecule has 0 N–H and O–H groups in total. The highest BCUT2D eigenvalue weighted by atomic mass is 31.1. The van der Waals surface area contributed by atoms with E-state index in [2.05, 4.69) is 13.8 Å². The predicted molar refractivity (Wildman–Crippen MR) is 45.7 cm³/mol. The second-order valence-electron chi connectivity index (χ2n) is 3.43. The van der Waals surface area contributed by atoms with Crippen LogP contribution < -0.4 is 0 Å². The van der Waals surface area contributed by atoms with Crippen molar-refractivity contribution in [3.05, 3.63) is 0 Å². The van der Waals surface area contributed by atoms with Crippen molar-refractivity contribution in [2.24, 2.45) is 5.92 Å². The Labute approximate surface area is 60.2 Å². The van der Waals surface area contributed by atoms with Crippen LogP contribution in [0.15, 0.2) is 0 Å². The van der Waals surface area contributed by atoms with Gasteiger partial charge >= 0.3 is 0 Å². The van der Waals surface area contributed by atoms with Crippen LogP contribution in [0, 0.1) is 5.92 Å². The van der Waals surface area contributed by atoms with Crippen molar-refractivity contribution in [3.8, 4) is 0 Å². The van der Waals surface area contributed by atoms with E-state index in [9.17, 15) is 0 Å². The summed E-state index contributed by atoms with van der Waals surface area (Å²) in [5, 5.41) is 0. The molecule has 0 nitrogen and oxygen atoms in total. The molecule has 1 rings (SSSR count). The smallest absolute Gasteiger partial charge is 0.0237 e. The third-order valence-electron chi connectivity index (χ3n) is 1.92. The molecular weight excluding hydrogens is 127 g/mol. The lowest BCUT2D eigenvalue weighted by atomic mass is 10.00. The molecule has 0 amide bonds. The quantitative estimate of drug-likeness (QED) is 0.534. The molecule has 1 atom stereocenters. The van der Waals surface area contributed by atoms with Gasteiger partial charge in [0.2, 0.25) is 0 Å². The summed E-state index contributed by atoms with van der Waals surface area (Å²) in [5.74, 6) is 0.934. The SMILES string of the molecule is CC(C)CPC1CCC1. The van der Waals surface area contributed by atoms with Crippen LogP contribution in [0.5, 0.6) is 0 Å². The fraction of sp³-hybridized carbons (Fsp3) is 1.00. The first-order chi connectivity index (χ1) is 4.29. The molecule has 1 fully saturated rings. The third-order valence-corrected chi connectivity index (χ3v) is 4.13. The van der Waals surface area contributed by atoms with Crippen LogP contribution in [-0.4, -0.2) is 11.8 Å². The van der Waals surface area contributed by atoms with E-state index in [1.807, 2.05) is 0 Å². The molecule has 1 aliphatic rings. The predicted octanol–water partition coefficient (Wildman–Crippen LogP) is 2.87. The molecule has 1 unspecified atom stereocenters. The molecule has 1 saturated carbocycles. The molecule has 0 spiro atoms. The maximum atomic E-state index is 2.33. The standard InChI is InChI=1S/C8H17P/c1-7(2)6-9-8-4-3-5-8/h7-9H,3-6H2,1-2H3. The molecule has 0 aromatic rings. The summed E-state index contributed by atoms with van der Waals surface area (Å²) in [7, 11) is 1.27. The van der Waals surface area contributed by atoms with Crippen LogP contribution in [0.2, 0.25) is 0 Å². The Hall–Kier alpha value is 0.430. The zero-order chi connectivity index (χ0) is 6.69. The van der Waals surface area contributed by atoms with Crippen LogP contribution in [0.25, 0.3) is 0 Å². The molecule has 54 valence electrons. The monoisotopic (exact) mass is 144 g/mol. The van der Waals surface area contributed by atoms with E-state index in [0.717, 1.165) is 11.6 Å². The highest BCUT2D eigenvalue weighted by molar-refractivity contribution is 7.39. The lowest BCUT2D eigenvalue weighted by molar-refractivity contribution is 0.516. The van der Waals surface area contributed by atoms with Crippen molar-refractivity contribution >= 4 is 8.58 Å². The van der Waals surface area contributed by atoms with E-state index in [-0.39, 0.29) is 0 Å². The van der Waals surface area contributed by atoms with Gasteiger partial charge in [-0.15, -0.1) is 8.58 Å². The molecule has 0 bridgehead atoms. The number of hydrogen-bond donors (Lipinski definition) is 0. The average molecular weight is 144 g/mol. The van der Waals surface area contributed by atoms with Gasteiger partial charge in [-0.3, -0.25) is 0 Å². The van der Waals surface area contributed by atoms with Gasteiger partial charge in [-0.05, 0) is 30.6 Å². The van der Waals surface area contributed by atoms with E-state index in [0.29, 0.717) is 0 Å². The Kier molecular flexibility index (Phi) is 2.98. The summed E-state index contributed by atoms with van der Waals surface area (Å²) in [5.41, 5.74) is 1.15. The van der Waals surface area contributed by atoms with Gasteiger partial charge in [-0.2, -0.15) is 0 Å². The summed E-state index contributed by atoms with van der Waals surface area (Å²) in [6.07, 6.45) is 6.05. The highest BCUT2D eigenvalue weighted by Gasteiger charge is 2.16. The van der Waals surface area contributed by atoms with E-state index >= 15 is 0 Å². The van der Waals surface area contributed by atoms with Crippen LogP contribution in [0.1, 0.15) is 33.1 Å². The van der Waals surface area contributed by atoms with Crippen LogP contribution in [0.3, 0.4) is 0 Å². The Bertz CT molecular complexity index is 74.6. The Balaban J connectivity index is 1.91. The van der Waals surface area contributed by atoms with Crippen molar-refractivity contribution < 1.29 is 0 Å². The number of hydrogen-bond acceptors (Lipinski definition) is 0. The molecule has 1 aliphatic carbocycles. The lowest BCUT2D eigenvalue weighted by Gasteiger charge is -2.25. The molecular formula is C8H17P. The number of rotatable bonds is 3. The maximum absolute atomic E-state index is 2.33. The molecule has 0 heterocycles. The van der Waals surface area contributed by atoms with Crippen LogP contribution in [0.4, 0.5) is 0 Å². The Morgan fingerprint density at radius 1 is 1.44 bits per heavy atom. The summed E-state index contributed by atoms with van der Waals surface area (Å²) in [4.78, 5) is 0. The van der Waals surface area contributed by atoms with Crippen molar-refractivity contribution in [2.75, 3.05) is 6.16 Å². The van der Waals surface area contributed by atoms with Crippen LogP contribution >= 0.6 is 8.58 Å². The van der Waals surface area contributed by atoms with Crippen molar-refractivity contribution in [2.45, 2.75) is 38.8 Å². The minimum absolute atomic E-state index is 0.934. The van der Waals surface area contributed by atoms with Crippen molar-refractivity contribution in [3.63, 3.8) is 0 Å². The van der Waals surface area contributed by atoms with Gasteiger partial charge in [-0.25, -0.2) is 0 Å². The summed E-state index contributed by atoms with van der Waals surface area (Å²) >= 11 is 0. The molecule has 0 aromatic carbocycles. The first-order valence-electron chi connectivity index (χ1n) is 4.02. The van der Waals surface area contributed by atoms with Gasteiger partial charge in [0.25, 0.3) is 0 Å². The molecule has 0 aliphatic heterocycles. The van der Waals surface area contributed by atoms with Crippen molar-refractivity contribution in [1.29, 1.82) is 0 Å². The molecule has 9 heavy (non-hydrogen) atoms. The van der Waals surface area contributed by atoms with Gasteiger partial charge in [0.05, 0.1) is 0 Å². The second kappa shape index (κ2) is 3.56. The molecule has 1 heteroatoms. The summed E-state index contributed by atoms with van der Waals surface area (Å²) in [6, 6.07) is 0. The minimum Gasteiger partial charge on any atom is -0.119 e. The Morgan fingerprint density at radius 2 is 2.11 bits per heavy atom. The normalized spacial score (nSPS) is 21.7. The van der Waals surface area contributed by atoms with E-state index in [1.165, 1.54) is 34.0 Å². The van der Waals surface area contributed by atoms with E-state index in [1.54, 1.807) is 0 Å². The van der Waals surface area contributed by atoms with Gasteiger partial charge in [0.1, 0.15) is 0 Å². The van der Waals surface area contributed by atoms with E-state index in [4.69, 9.17) is 0 Å². The third kappa shape index (κ3) is 2.67. The van der Waals surface area contributed by atoms with Crippen LogP contribution in [-0.2, 0) is 0 Å². The zero-order valence-electron chi connectivity index (χ0n) is 6.48. The summed E-state index contributed by atoms with van der Waals surface area (Å²) in [6.45, 7) is 4.65. The summed E-state index contributed by atoms with van der Waals surface area (Å²) < 4.78 is 0. The van der Waals surface area contributed by atoms with Gasteiger partial charge < -0.3 is 0 Å². The highest BCUT2D eigenvalue weighted by Crippen LogP contribution is 2.36. The first-order valence-corrected chi connectivity index (χ1v) is 5.31.